The molecule has 1 aliphatic rings. The van der Waals surface area contributed by atoms with Gasteiger partial charge in [0.05, 0.1) is 30.1 Å². The van der Waals surface area contributed by atoms with Crippen LogP contribution in [0.15, 0.2) is 42.6 Å². The largest absolute Gasteiger partial charge is 0.495 e. The van der Waals surface area contributed by atoms with Crippen molar-refractivity contribution in [1.29, 1.82) is 0 Å². The van der Waals surface area contributed by atoms with Gasteiger partial charge < -0.3 is 29.0 Å². The number of nitrogens with zero attached hydrogens (tertiary/aromatic N) is 3. The number of benzene rings is 1. The van der Waals surface area contributed by atoms with Crippen LogP contribution in [0.5, 0.6) is 5.75 Å². The van der Waals surface area contributed by atoms with Crippen LogP contribution in [0.2, 0.25) is 0 Å². The van der Waals surface area contributed by atoms with Crippen LogP contribution in [0, 0.1) is 5.92 Å². The highest BCUT2D eigenvalue weighted by Gasteiger charge is 2.26. The van der Waals surface area contributed by atoms with Crippen LogP contribution in [0.4, 0.5) is 4.79 Å². The molecule has 1 fully saturated rings. The number of hydrogen-bond acceptors (Lipinski definition) is 5. The van der Waals surface area contributed by atoms with Crippen molar-refractivity contribution in [3.05, 3.63) is 48.2 Å². The van der Waals surface area contributed by atoms with Gasteiger partial charge in [-0.25, -0.2) is 9.78 Å². The number of pyridine rings is 1. The Morgan fingerprint density at radius 3 is 2.66 bits per heavy atom. The Hall–Kier alpha value is -3.52. The smallest absolute Gasteiger partial charge is 0.407 e. The van der Waals surface area contributed by atoms with E-state index in [0.29, 0.717) is 25.3 Å². The first-order valence-electron chi connectivity index (χ1n) is 13.4. The molecule has 5 rings (SSSR count). The first kappa shape index (κ1) is 26.1. The average molecular weight is 519 g/mol. The van der Waals surface area contributed by atoms with Crippen molar-refractivity contribution in [1.82, 2.24) is 19.4 Å². The Morgan fingerprint density at radius 2 is 1.95 bits per heavy atom. The molecule has 0 radical (unpaired) electrons. The lowest BCUT2D eigenvalue weighted by Crippen LogP contribution is -2.33. The van der Waals surface area contributed by atoms with Crippen LogP contribution in [-0.4, -0.2) is 44.6 Å². The molecule has 1 aromatic carbocycles. The van der Waals surface area contributed by atoms with E-state index in [1.54, 1.807) is 7.11 Å². The van der Waals surface area contributed by atoms with Gasteiger partial charge in [0.2, 0.25) is 0 Å². The van der Waals surface area contributed by atoms with Gasteiger partial charge in [-0.15, -0.1) is 0 Å². The fraction of sp³-hybridized carbons (Fsp3) is 0.467. The topological polar surface area (TPSA) is 90.5 Å². The number of fused-ring (bicyclic) bond motifs is 2. The second kappa shape index (κ2) is 10.3. The maximum atomic E-state index is 11.9. The van der Waals surface area contributed by atoms with Crippen molar-refractivity contribution >= 4 is 28.0 Å². The fourth-order valence-electron chi connectivity index (χ4n) is 5.09. The summed E-state index contributed by atoms with van der Waals surface area (Å²) in [5.41, 5.74) is 4.49. The number of carbonyl (C=O) groups is 1. The quantitative estimate of drug-likeness (QED) is 0.267. The number of aliphatic hydroxyl groups is 1. The molecule has 0 unspecified atom stereocenters. The number of ether oxygens (including phenoxy) is 2. The Labute approximate surface area is 223 Å². The second-order valence-corrected chi connectivity index (χ2v) is 11.3. The Kier molecular flexibility index (Phi) is 7.09. The predicted octanol–water partition coefficient (Wildman–Crippen LogP) is 5.95. The fourth-order valence-corrected chi connectivity index (χ4v) is 5.09. The number of aryl methyl sites for hydroxylation is 1. The molecule has 0 spiro atoms. The molecule has 2 N–H and O–H groups in total. The van der Waals surface area contributed by atoms with Gasteiger partial charge in [0.15, 0.2) is 0 Å². The van der Waals surface area contributed by atoms with E-state index in [1.807, 2.05) is 45.2 Å². The molecule has 38 heavy (non-hydrogen) atoms. The van der Waals surface area contributed by atoms with E-state index in [2.05, 4.69) is 44.7 Å². The van der Waals surface area contributed by atoms with Crippen LogP contribution < -0.4 is 10.1 Å². The van der Waals surface area contributed by atoms with E-state index in [1.165, 1.54) is 12.8 Å². The molecule has 0 saturated heterocycles. The first-order valence-corrected chi connectivity index (χ1v) is 13.4. The Bertz CT molecular complexity index is 1460. The number of alkyl carbamates (subject to hydrolysis) is 1. The molecule has 3 aromatic heterocycles. The molecular weight excluding hydrogens is 480 g/mol. The van der Waals surface area contributed by atoms with Crippen LogP contribution in [0.3, 0.4) is 0 Å². The zero-order valence-corrected chi connectivity index (χ0v) is 23.0. The molecule has 1 amide bonds. The monoisotopic (exact) mass is 518 g/mol. The van der Waals surface area contributed by atoms with E-state index in [9.17, 15) is 9.90 Å². The molecule has 8 nitrogen and oxygen atoms in total. The molecule has 3 heterocycles. The van der Waals surface area contributed by atoms with Gasteiger partial charge in [-0.1, -0.05) is 0 Å². The number of aliphatic hydroxyl groups excluding tert-OH is 1. The molecule has 1 aliphatic carbocycles. The van der Waals surface area contributed by atoms with Gasteiger partial charge in [0.25, 0.3) is 0 Å². The maximum absolute atomic E-state index is 11.9. The Morgan fingerprint density at radius 1 is 1.18 bits per heavy atom. The molecule has 4 aromatic rings. The number of methoxy groups -OCH3 is 1. The zero-order valence-electron chi connectivity index (χ0n) is 23.0. The minimum Gasteiger partial charge on any atom is -0.495 e. The van der Waals surface area contributed by atoms with Crippen LogP contribution in [0.25, 0.3) is 33.3 Å². The van der Waals surface area contributed by atoms with E-state index in [0.717, 1.165) is 51.2 Å². The van der Waals surface area contributed by atoms with Crippen molar-refractivity contribution in [2.24, 2.45) is 13.0 Å². The van der Waals surface area contributed by atoms with Gasteiger partial charge in [-0.05, 0) is 94.3 Å². The summed E-state index contributed by atoms with van der Waals surface area (Å²) in [5.74, 6) is 1.43. The van der Waals surface area contributed by atoms with Gasteiger partial charge in [-0.3, -0.25) is 0 Å². The van der Waals surface area contributed by atoms with Crippen LogP contribution >= 0.6 is 0 Å². The molecule has 202 valence electrons. The highest BCUT2D eigenvalue weighted by molar-refractivity contribution is 5.93. The SMILES string of the molecule is COc1cc([C@H](O)CCCNC(=O)OC(C)(C)C)cc2cc(-c3cc4cccnc4n3CC3CC3)n(C)c12. The Balaban J connectivity index is 1.40. The maximum Gasteiger partial charge on any atom is 0.407 e. The highest BCUT2D eigenvalue weighted by atomic mass is 16.6. The lowest BCUT2D eigenvalue weighted by atomic mass is 10.0. The van der Waals surface area contributed by atoms with Crippen molar-refractivity contribution < 1.29 is 19.4 Å². The van der Waals surface area contributed by atoms with Gasteiger partial charge in [0.1, 0.15) is 17.0 Å². The summed E-state index contributed by atoms with van der Waals surface area (Å²) in [6.45, 7) is 6.89. The summed E-state index contributed by atoms with van der Waals surface area (Å²) in [6.07, 6.45) is 4.40. The van der Waals surface area contributed by atoms with Gasteiger partial charge >= 0.3 is 6.09 Å². The highest BCUT2D eigenvalue weighted by Crippen LogP contribution is 2.39. The molecular formula is C30H38N4O4. The summed E-state index contributed by atoms with van der Waals surface area (Å²) in [4.78, 5) is 16.6. The number of carbonyl (C=O) groups excluding carboxylic acids is 1. The third kappa shape index (κ3) is 5.50. The molecule has 8 heteroatoms. The van der Waals surface area contributed by atoms with E-state index < -0.39 is 17.8 Å². The third-order valence-electron chi connectivity index (χ3n) is 7.10. The number of amides is 1. The van der Waals surface area contributed by atoms with Crippen LogP contribution in [-0.2, 0) is 18.3 Å². The number of aromatic nitrogens is 3. The first-order chi connectivity index (χ1) is 18.1. The second-order valence-electron chi connectivity index (χ2n) is 11.3. The van der Waals surface area contributed by atoms with E-state index in [-0.39, 0.29) is 0 Å². The minimum atomic E-state index is -0.678. The summed E-state index contributed by atoms with van der Waals surface area (Å²) in [5, 5.41) is 15.9. The van der Waals surface area contributed by atoms with Gasteiger partial charge in [-0.2, -0.15) is 0 Å². The van der Waals surface area contributed by atoms with E-state index in [4.69, 9.17) is 9.47 Å². The van der Waals surface area contributed by atoms with Gasteiger partial charge in [0, 0.05) is 37.1 Å². The lowest BCUT2D eigenvalue weighted by molar-refractivity contribution is 0.0523. The predicted molar refractivity (Wildman–Crippen MR) is 149 cm³/mol. The van der Waals surface area contributed by atoms with Crippen molar-refractivity contribution in [2.75, 3.05) is 13.7 Å². The third-order valence-corrected chi connectivity index (χ3v) is 7.10. The summed E-state index contributed by atoms with van der Waals surface area (Å²) >= 11 is 0. The van der Waals surface area contributed by atoms with E-state index >= 15 is 0 Å². The molecule has 1 saturated carbocycles. The number of hydrogen-bond donors (Lipinski definition) is 2. The zero-order chi connectivity index (χ0) is 27.0. The minimum absolute atomic E-state index is 0.431. The van der Waals surface area contributed by atoms with Crippen molar-refractivity contribution in [3.63, 3.8) is 0 Å². The summed E-state index contributed by atoms with van der Waals surface area (Å²) in [6, 6.07) is 12.5. The number of rotatable bonds is 9. The molecule has 0 aliphatic heterocycles. The average Bonchev–Trinajstić information content (AvgIpc) is 3.54. The normalized spacial score (nSPS) is 14.7. The van der Waals surface area contributed by atoms with Crippen LogP contribution in [0.1, 0.15) is 58.1 Å². The molecule has 0 bridgehead atoms. The summed E-state index contributed by atoms with van der Waals surface area (Å²) in [7, 11) is 3.72. The summed E-state index contributed by atoms with van der Waals surface area (Å²) < 4.78 is 15.6. The lowest BCUT2D eigenvalue weighted by Gasteiger charge is -2.20. The van der Waals surface area contributed by atoms with Crippen molar-refractivity contribution in [3.8, 4) is 17.1 Å². The molecule has 1 atom stereocenters. The standard InChI is InChI=1S/C30H38N4O4/c1-30(2,3)38-29(36)32-13-7-9-25(35)21-14-22-16-23(33(4)27(22)26(17-21)37-5)24-15-20-8-6-12-31-28(20)34(24)18-19-10-11-19/h6,8,12,14-17,19,25,35H,7,9-11,13,18H2,1-5H3,(H,32,36)/t25-/m1/s1. The van der Waals surface area contributed by atoms with Crippen molar-refractivity contribution in [2.45, 2.75) is 64.7 Å². The number of nitrogens with one attached hydrogen (secondary N) is 1.